The van der Waals surface area contributed by atoms with Crippen molar-refractivity contribution in [3.63, 3.8) is 0 Å². The number of carbonyl (C=O) groups is 1. The third-order valence-electron chi connectivity index (χ3n) is 7.07. The second kappa shape index (κ2) is 10.1. The minimum Gasteiger partial charge on any atom is -0.497 e. The first-order valence-corrected chi connectivity index (χ1v) is 14.2. The van der Waals surface area contributed by atoms with Crippen molar-refractivity contribution in [2.45, 2.75) is 50.8 Å². The zero-order valence-corrected chi connectivity index (χ0v) is 22.8. The molecule has 1 aliphatic rings. The summed E-state index contributed by atoms with van der Waals surface area (Å²) in [7, 11) is -2.40. The lowest BCUT2D eigenvalue weighted by atomic mass is 9.85. The number of para-hydroxylation sites is 1. The molecule has 0 fully saturated rings. The molecule has 1 heterocycles. The fraction of sp³-hybridized carbons (Fsp3) is 0.258. The molecule has 1 aromatic heterocycles. The van der Waals surface area contributed by atoms with Crippen LogP contribution < -0.4 is 4.74 Å². The molecular weight excluding hydrogens is 498 g/mol. The van der Waals surface area contributed by atoms with Crippen LogP contribution in [0.2, 0.25) is 0 Å². The highest BCUT2D eigenvalue weighted by atomic mass is 32.2. The van der Waals surface area contributed by atoms with E-state index < -0.39 is 16.0 Å². The Hall–Kier alpha value is -3.84. The average molecular weight is 530 g/mol. The van der Waals surface area contributed by atoms with E-state index in [9.17, 15) is 13.2 Å². The van der Waals surface area contributed by atoms with E-state index in [-0.39, 0.29) is 10.8 Å². The summed E-state index contributed by atoms with van der Waals surface area (Å²) in [6.07, 6.45) is 2.49. The van der Waals surface area contributed by atoms with Crippen LogP contribution in [-0.2, 0) is 19.6 Å². The van der Waals surface area contributed by atoms with Gasteiger partial charge in [-0.15, -0.1) is 0 Å². The lowest BCUT2D eigenvalue weighted by Gasteiger charge is -2.18. The van der Waals surface area contributed by atoms with Crippen molar-refractivity contribution in [2.24, 2.45) is 0 Å². The molecule has 4 aromatic rings. The summed E-state index contributed by atoms with van der Waals surface area (Å²) in [6.45, 7) is 5.38. The maximum absolute atomic E-state index is 14.2. The fourth-order valence-corrected chi connectivity index (χ4v) is 6.84. The molecule has 0 spiro atoms. The molecule has 6 nitrogen and oxygen atoms in total. The maximum atomic E-state index is 14.2. The van der Waals surface area contributed by atoms with Crippen molar-refractivity contribution < 1.29 is 22.7 Å². The molecule has 0 saturated carbocycles. The summed E-state index contributed by atoms with van der Waals surface area (Å²) in [5.41, 5.74) is 4.67. The van der Waals surface area contributed by atoms with Crippen molar-refractivity contribution >= 4 is 32.7 Å². The molecule has 5 rings (SSSR count). The predicted molar refractivity (Wildman–Crippen MR) is 149 cm³/mol. The third-order valence-corrected chi connectivity index (χ3v) is 8.80. The molecule has 0 bridgehead atoms. The number of rotatable bonds is 8. The topological polar surface area (TPSA) is 74.6 Å². The molecule has 1 aliphatic carbocycles. The lowest BCUT2D eigenvalue weighted by molar-refractivity contribution is -0.134. The number of aryl methyl sites for hydroxylation is 1. The number of hydrogen-bond acceptors (Lipinski definition) is 5. The van der Waals surface area contributed by atoms with Crippen molar-refractivity contribution in [3.05, 3.63) is 101 Å². The van der Waals surface area contributed by atoms with Crippen molar-refractivity contribution in [1.82, 2.24) is 3.97 Å². The van der Waals surface area contributed by atoms with Gasteiger partial charge >= 0.3 is 5.97 Å². The van der Waals surface area contributed by atoms with Gasteiger partial charge in [-0.1, -0.05) is 61.4 Å². The number of aromatic nitrogens is 1. The van der Waals surface area contributed by atoms with Gasteiger partial charge in [-0.05, 0) is 61.2 Å². The summed E-state index contributed by atoms with van der Waals surface area (Å²) < 4.78 is 41.1. The lowest BCUT2D eigenvalue weighted by Crippen LogP contribution is -2.16. The highest BCUT2D eigenvalue weighted by Crippen LogP contribution is 2.52. The largest absolute Gasteiger partial charge is 0.497 e. The van der Waals surface area contributed by atoms with E-state index in [4.69, 9.17) is 9.47 Å². The summed E-state index contributed by atoms with van der Waals surface area (Å²) in [6, 6.07) is 22.1. The van der Waals surface area contributed by atoms with E-state index in [2.05, 4.69) is 6.92 Å². The molecule has 0 radical (unpaired) electrons. The van der Waals surface area contributed by atoms with Crippen LogP contribution in [-0.4, -0.2) is 25.5 Å². The van der Waals surface area contributed by atoms with Crippen LogP contribution in [0.25, 0.3) is 16.7 Å². The minimum absolute atomic E-state index is 0.178. The summed E-state index contributed by atoms with van der Waals surface area (Å²) in [5, 5.41) is 0.815. The normalized spacial score (nSPS) is 15.1. The molecular formula is C31H31NO5S. The minimum atomic E-state index is -4.02. The van der Waals surface area contributed by atoms with E-state index in [0.29, 0.717) is 23.4 Å². The third kappa shape index (κ3) is 4.31. The molecule has 196 valence electrons. The van der Waals surface area contributed by atoms with Gasteiger partial charge in [-0.25, -0.2) is 12.4 Å². The Balaban J connectivity index is 1.87. The number of allylic oxidation sites excluding steroid dienone is 1. The monoisotopic (exact) mass is 529 g/mol. The zero-order valence-electron chi connectivity index (χ0n) is 22.0. The Bertz CT molecular complexity index is 1650. The number of methoxy groups -OCH3 is 1. The number of unbranched alkanes of at least 4 members (excludes halogenated alkanes) is 1. The van der Waals surface area contributed by atoms with Crippen LogP contribution in [0.4, 0.5) is 0 Å². The Morgan fingerprint density at radius 3 is 2.29 bits per heavy atom. The SMILES string of the molecule is CCCCC1=C(OC(C)=O)c2c(c3ccccc3n2S(=O)(=O)c2ccc(C)cc2)C1c1ccc(OC)cc1. The quantitative estimate of drug-likeness (QED) is 0.235. The van der Waals surface area contributed by atoms with Crippen LogP contribution >= 0.6 is 0 Å². The second-order valence-electron chi connectivity index (χ2n) is 9.62. The standard InChI is InChI=1S/C31H31NO5S/c1-5-6-9-26-28(22-14-16-23(36-4)17-15-22)29-25-10-7-8-11-27(25)32(30(29)31(26)37-21(3)33)38(34,35)24-18-12-20(2)13-19-24/h7-8,10-19,28H,5-6,9H2,1-4H3. The first kappa shape index (κ1) is 25.8. The fourth-order valence-electron chi connectivity index (χ4n) is 5.31. The number of hydrogen-bond donors (Lipinski definition) is 0. The number of ether oxygens (including phenoxy) is 2. The van der Waals surface area contributed by atoms with E-state index in [1.807, 2.05) is 55.5 Å². The molecule has 1 atom stereocenters. The molecule has 0 aliphatic heterocycles. The molecule has 7 heteroatoms. The average Bonchev–Trinajstić information content (AvgIpc) is 3.40. The van der Waals surface area contributed by atoms with E-state index in [0.717, 1.165) is 46.2 Å². The Morgan fingerprint density at radius 2 is 1.66 bits per heavy atom. The van der Waals surface area contributed by atoms with E-state index in [1.54, 1.807) is 31.4 Å². The van der Waals surface area contributed by atoms with Crippen molar-refractivity contribution in [1.29, 1.82) is 0 Å². The maximum Gasteiger partial charge on any atom is 0.308 e. The smallest absolute Gasteiger partial charge is 0.308 e. The van der Waals surface area contributed by atoms with E-state index in [1.165, 1.54) is 10.9 Å². The van der Waals surface area contributed by atoms with Gasteiger partial charge in [0, 0.05) is 23.8 Å². The highest BCUT2D eigenvalue weighted by Gasteiger charge is 2.42. The Labute approximate surface area is 223 Å². The van der Waals surface area contributed by atoms with Gasteiger partial charge in [0.2, 0.25) is 0 Å². The zero-order chi connectivity index (χ0) is 27.0. The van der Waals surface area contributed by atoms with Gasteiger partial charge in [-0.3, -0.25) is 4.79 Å². The van der Waals surface area contributed by atoms with Crippen molar-refractivity contribution in [2.75, 3.05) is 7.11 Å². The molecule has 0 amide bonds. The molecule has 38 heavy (non-hydrogen) atoms. The number of nitrogens with zero attached hydrogens (tertiary/aromatic N) is 1. The number of benzene rings is 3. The Morgan fingerprint density at radius 1 is 0.974 bits per heavy atom. The first-order valence-electron chi connectivity index (χ1n) is 12.8. The van der Waals surface area contributed by atoms with Crippen LogP contribution in [0.5, 0.6) is 5.75 Å². The molecule has 0 N–H and O–H groups in total. The van der Waals surface area contributed by atoms with Crippen LogP contribution in [0, 0.1) is 6.92 Å². The van der Waals surface area contributed by atoms with Gasteiger partial charge in [0.1, 0.15) is 11.4 Å². The molecule has 3 aromatic carbocycles. The predicted octanol–water partition coefficient (Wildman–Crippen LogP) is 6.81. The van der Waals surface area contributed by atoms with Gasteiger partial charge < -0.3 is 9.47 Å². The number of esters is 1. The van der Waals surface area contributed by atoms with Crippen molar-refractivity contribution in [3.8, 4) is 5.75 Å². The Kier molecular flexibility index (Phi) is 6.88. The van der Waals surface area contributed by atoms with Gasteiger partial charge in [-0.2, -0.15) is 0 Å². The van der Waals surface area contributed by atoms with Gasteiger partial charge in [0.15, 0.2) is 5.76 Å². The van der Waals surface area contributed by atoms with Crippen LogP contribution in [0.1, 0.15) is 61.4 Å². The van der Waals surface area contributed by atoms with E-state index >= 15 is 0 Å². The van der Waals surface area contributed by atoms with Crippen LogP contribution in [0.15, 0.2) is 83.3 Å². The second-order valence-corrected chi connectivity index (χ2v) is 11.4. The summed E-state index contributed by atoms with van der Waals surface area (Å²) >= 11 is 0. The number of fused-ring (bicyclic) bond motifs is 3. The van der Waals surface area contributed by atoms with Gasteiger partial charge in [0.05, 0.1) is 17.5 Å². The first-order chi connectivity index (χ1) is 18.3. The van der Waals surface area contributed by atoms with Gasteiger partial charge in [0.25, 0.3) is 10.0 Å². The highest BCUT2D eigenvalue weighted by molar-refractivity contribution is 7.90. The number of carbonyl (C=O) groups excluding carboxylic acids is 1. The molecule has 1 unspecified atom stereocenters. The summed E-state index contributed by atoms with van der Waals surface area (Å²) in [4.78, 5) is 12.6. The van der Waals surface area contributed by atoms with Crippen LogP contribution in [0.3, 0.4) is 0 Å². The molecule has 0 saturated heterocycles. The summed E-state index contributed by atoms with van der Waals surface area (Å²) in [5.74, 6) is 0.320.